The Morgan fingerprint density at radius 3 is 2.54 bits per heavy atom. The third-order valence-corrected chi connectivity index (χ3v) is 2.62. The van der Waals surface area contributed by atoms with Crippen LogP contribution in [-0.2, 0) is 0 Å². The monoisotopic (exact) mass is 176 g/mol. The Kier molecular flexibility index (Phi) is 2.39. The minimum atomic E-state index is 1.21. The van der Waals surface area contributed by atoms with Crippen molar-refractivity contribution in [3.8, 4) is 0 Å². The minimum absolute atomic E-state index is 1.21. The molecular weight excluding hydrogens is 160 g/mol. The van der Waals surface area contributed by atoms with E-state index in [2.05, 4.69) is 34.5 Å². The van der Waals surface area contributed by atoms with Gasteiger partial charge in [-0.1, -0.05) is 12.1 Å². The second-order valence-corrected chi connectivity index (χ2v) is 3.46. The predicted molar refractivity (Wildman–Crippen MR) is 57.4 cm³/mol. The van der Waals surface area contributed by atoms with Crippen LogP contribution in [0.1, 0.15) is 12.8 Å². The molecule has 0 radical (unpaired) electrons. The van der Waals surface area contributed by atoms with E-state index >= 15 is 0 Å². The van der Waals surface area contributed by atoms with Gasteiger partial charge in [-0.3, -0.25) is 0 Å². The lowest BCUT2D eigenvalue weighted by Crippen LogP contribution is -2.18. The summed E-state index contributed by atoms with van der Waals surface area (Å²) in [5.41, 5.74) is 2.59. The van der Waals surface area contributed by atoms with Crippen LogP contribution < -0.4 is 10.2 Å². The Morgan fingerprint density at radius 1 is 1.15 bits per heavy atom. The molecule has 1 aliphatic rings. The fourth-order valence-electron chi connectivity index (χ4n) is 1.92. The number of nitrogens with zero attached hydrogens (tertiary/aromatic N) is 1. The zero-order valence-corrected chi connectivity index (χ0v) is 8.09. The van der Waals surface area contributed by atoms with Gasteiger partial charge in [-0.15, -0.1) is 0 Å². The third kappa shape index (κ3) is 1.62. The van der Waals surface area contributed by atoms with Gasteiger partial charge >= 0.3 is 0 Å². The predicted octanol–water partition coefficient (Wildman–Crippen LogP) is 2.33. The fraction of sp³-hybridized carbons (Fsp3) is 0.455. The van der Waals surface area contributed by atoms with Crippen LogP contribution in [0.3, 0.4) is 0 Å². The molecule has 2 rings (SSSR count). The molecule has 0 atom stereocenters. The van der Waals surface area contributed by atoms with Gasteiger partial charge in [-0.2, -0.15) is 0 Å². The summed E-state index contributed by atoms with van der Waals surface area (Å²) in [7, 11) is 1.98. The van der Waals surface area contributed by atoms with Crippen LogP contribution in [-0.4, -0.2) is 20.1 Å². The van der Waals surface area contributed by atoms with Crippen LogP contribution in [0, 0.1) is 0 Å². The zero-order valence-electron chi connectivity index (χ0n) is 8.09. The maximum Gasteiger partial charge on any atom is 0.0601 e. The lowest BCUT2D eigenvalue weighted by atomic mass is 10.2. The van der Waals surface area contributed by atoms with Crippen molar-refractivity contribution in [3.05, 3.63) is 24.3 Å². The molecule has 0 aromatic heterocycles. The van der Waals surface area contributed by atoms with Crippen LogP contribution in [0.15, 0.2) is 24.3 Å². The van der Waals surface area contributed by atoms with Crippen molar-refractivity contribution in [3.63, 3.8) is 0 Å². The van der Waals surface area contributed by atoms with Gasteiger partial charge in [0.1, 0.15) is 0 Å². The Balaban J connectivity index is 2.26. The number of hydrogen-bond donors (Lipinski definition) is 1. The first kappa shape index (κ1) is 8.42. The Hall–Kier alpha value is -1.18. The second kappa shape index (κ2) is 3.69. The Bertz CT molecular complexity index is 277. The molecule has 1 aromatic carbocycles. The maximum absolute atomic E-state index is 3.23. The first-order valence-electron chi connectivity index (χ1n) is 4.93. The standard InChI is InChI=1S/C11H16N2/c1-12-10-6-2-3-7-11(10)13-8-4-5-9-13/h2-3,6-7,12H,4-5,8-9H2,1H3. The average Bonchev–Trinajstić information content (AvgIpc) is 2.70. The molecule has 13 heavy (non-hydrogen) atoms. The van der Waals surface area contributed by atoms with E-state index in [0.717, 1.165) is 0 Å². The number of benzene rings is 1. The van der Waals surface area contributed by atoms with Crippen molar-refractivity contribution in [1.29, 1.82) is 0 Å². The van der Waals surface area contributed by atoms with Crippen molar-refractivity contribution in [1.82, 2.24) is 0 Å². The summed E-state index contributed by atoms with van der Waals surface area (Å²) in [5.74, 6) is 0. The highest BCUT2D eigenvalue weighted by Crippen LogP contribution is 2.27. The van der Waals surface area contributed by atoms with Gasteiger partial charge in [0.15, 0.2) is 0 Å². The molecule has 70 valence electrons. The van der Waals surface area contributed by atoms with Gasteiger partial charge in [0.25, 0.3) is 0 Å². The quantitative estimate of drug-likeness (QED) is 0.744. The van der Waals surface area contributed by atoms with Gasteiger partial charge in [-0.25, -0.2) is 0 Å². The highest BCUT2D eigenvalue weighted by molar-refractivity contribution is 5.69. The van der Waals surface area contributed by atoms with E-state index in [-0.39, 0.29) is 0 Å². The number of nitrogens with one attached hydrogen (secondary N) is 1. The molecule has 1 fully saturated rings. The first-order valence-corrected chi connectivity index (χ1v) is 4.93. The van der Waals surface area contributed by atoms with Crippen molar-refractivity contribution in [2.75, 3.05) is 30.4 Å². The van der Waals surface area contributed by atoms with Crippen LogP contribution >= 0.6 is 0 Å². The summed E-state index contributed by atoms with van der Waals surface area (Å²) >= 11 is 0. The van der Waals surface area contributed by atoms with Gasteiger partial charge in [0, 0.05) is 20.1 Å². The summed E-state index contributed by atoms with van der Waals surface area (Å²) in [6.07, 6.45) is 2.66. The van der Waals surface area contributed by atoms with Gasteiger partial charge < -0.3 is 10.2 Å². The fourth-order valence-corrected chi connectivity index (χ4v) is 1.92. The SMILES string of the molecule is CNc1ccccc1N1CCCC1. The zero-order chi connectivity index (χ0) is 9.10. The van der Waals surface area contributed by atoms with Crippen molar-refractivity contribution >= 4 is 11.4 Å². The molecule has 0 spiro atoms. The van der Waals surface area contributed by atoms with Crippen LogP contribution in [0.25, 0.3) is 0 Å². The molecule has 0 unspecified atom stereocenters. The summed E-state index contributed by atoms with van der Waals surface area (Å²) in [6, 6.07) is 8.50. The number of anilines is 2. The highest BCUT2D eigenvalue weighted by atomic mass is 15.2. The molecule has 2 nitrogen and oxygen atoms in total. The van der Waals surface area contributed by atoms with Crippen LogP contribution in [0.2, 0.25) is 0 Å². The van der Waals surface area contributed by atoms with Crippen molar-refractivity contribution in [2.45, 2.75) is 12.8 Å². The minimum Gasteiger partial charge on any atom is -0.386 e. The molecule has 1 heterocycles. The highest BCUT2D eigenvalue weighted by Gasteiger charge is 2.14. The molecule has 1 saturated heterocycles. The van der Waals surface area contributed by atoms with Crippen molar-refractivity contribution < 1.29 is 0 Å². The largest absolute Gasteiger partial charge is 0.386 e. The Morgan fingerprint density at radius 2 is 1.85 bits per heavy atom. The lowest BCUT2D eigenvalue weighted by Gasteiger charge is -2.20. The van der Waals surface area contributed by atoms with E-state index < -0.39 is 0 Å². The average molecular weight is 176 g/mol. The smallest absolute Gasteiger partial charge is 0.0601 e. The van der Waals surface area contributed by atoms with Crippen LogP contribution in [0.5, 0.6) is 0 Å². The summed E-state index contributed by atoms with van der Waals surface area (Å²) in [6.45, 7) is 2.41. The molecule has 2 heteroatoms. The normalized spacial score (nSPS) is 16.2. The first-order chi connectivity index (χ1) is 6.42. The van der Waals surface area contributed by atoms with E-state index in [1.54, 1.807) is 0 Å². The summed E-state index contributed by atoms with van der Waals surface area (Å²) in [4.78, 5) is 2.45. The van der Waals surface area contributed by atoms with E-state index in [1.165, 1.54) is 37.3 Å². The van der Waals surface area contributed by atoms with E-state index in [1.807, 2.05) is 7.05 Å². The molecular formula is C11H16N2. The van der Waals surface area contributed by atoms with Gasteiger partial charge in [0.05, 0.1) is 11.4 Å². The molecule has 0 bridgehead atoms. The Labute approximate surface area is 79.6 Å². The molecule has 0 amide bonds. The van der Waals surface area contributed by atoms with Gasteiger partial charge in [-0.05, 0) is 25.0 Å². The number of hydrogen-bond acceptors (Lipinski definition) is 2. The number of rotatable bonds is 2. The summed E-state index contributed by atoms with van der Waals surface area (Å²) < 4.78 is 0. The molecule has 0 aliphatic carbocycles. The molecule has 1 N–H and O–H groups in total. The maximum atomic E-state index is 3.23. The number of para-hydroxylation sites is 2. The molecule has 0 saturated carbocycles. The molecule has 1 aromatic rings. The lowest BCUT2D eigenvalue weighted by molar-refractivity contribution is 0.949. The topological polar surface area (TPSA) is 15.3 Å². The van der Waals surface area contributed by atoms with Gasteiger partial charge in [0.2, 0.25) is 0 Å². The van der Waals surface area contributed by atoms with E-state index in [0.29, 0.717) is 0 Å². The second-order valence-electron chi connectivity index (χ2n) is 3.46. The molecule has 1 aliphatic heterocycles. The third-order valence-electron chi connectivity index (χ3n) is 2.62. The van der Waals surface area contributed by atoms with Crippen LogP contribution in [0.4, 0.5) is 11.4 Å². The van der Waals surface area contributed by atoms with Crippen molar-refractivity contribution in [2.24, 2.45) is 0 Å². The van der Waals surface area contributed by atoms with E-state index in [4.69, 9.17) is 0 Å². The van der Waals surface area contributed by atoms with E-state index in [9.17, 15) is 0 Å². The summed E-state index contributed by atoms with van der Waals surface area (Å²) in [5, 5.41) is 3.23.